The van der Waals surface area contributed by atoms with Crippen LogP contribution in [-0.4, -0.2) is 27.1 Å². The first-order chi connectivity index (χ1) is 12.2. The van der Waals surface area contributed by atoms with Crippen LogP contribution in [0.3, 0.4) is 0 Å². The molecule has 0 atom stereocenters. The topological polar surface area (TPSA) is 66.5 Å². The minimum Gasteiger partial charge on any atom is -0.352 e. The van der Waals surface area contributed by atoms with Crippen molar-refractivity contribution >= 4 is 21.6 Å². The summed E-state index contributed by atoms with van der Waals surface area (Å²) >= 11 is 0. The van der Waals surface area contributed by atoms with Gasteiger partial charge >= 0.3 is 0 Å². The van der Waals surface area contributed by atoms with Crippen LogP contribution in [0.5, 0.6) is 0 Å². The molecule has 2 aromatic carbocycles. The Morgan fingerprint density at radius 2 is 1.65 bits per heavy atom. The largest absolute Gasteiger partial charge is 0.352 e. The van der Waals surface area contributed by atoms with Gasteiger partial charge in [0.05, 0.1) is 11.9 Å². The van der Waals surface area contributed by atoms with Crippen molar-refractivity contribution in [3.63, 3.8) is 0 Å². The molecular formula is C19H23FN2O3S. The second-order valence-corrected chi connectivity index (χ2v) is 8.14. The van der Waals surface area contributed by atoms with Crippen LogP contribution in [0.25, 0.3) is 0 Å². The summed E-state index contributed by atoms with van der Waals surface area (Å²) in [5.41, 5.74) is 3.06. The van der Waals surface area contributed by atoms with Crippen LogP contribution >= 0.6 is 0 Å². The first kappa shape index (κ1) is 19.9. The average molecular weight is 378 g/mol. The lowest BCUT2D eigenvalue weighted by Crippen LogP contribution is -2.35. The lowest BCUT2D eigenvalue weighted by Gasteiger charge is -2.25. The van der Waals surface area contributed by atoms with Crippen molar-refractivity contribution in [2.24, 2.45) is 0 Å². The second kappa shape index (κ2) is 8.31. The highest BCUT2D eigenvalue weighted by molar-refractivity contribution is 7.92. The molecule has 0 spiro atoms. The van der Waals surface area contributed by atoms with Crippen molar-refractivity contribution in [1.82, 2.24) is 5.32 Å². The lowest BCUT2D eigenvalue weighted by atomic mass is 10.1. The number of aryl methyl sites for hydroxylation is 2. The summed E-state index contributed by atoms with van der Waals surface area (Å²) in [5.74, 6) is -0.605. The highest BCUT2D eigenvalue weighted by Crippen LogP contribution is 2.26. The van der Waals surface area contributed by atoms with Crippen LogP contribution in [-0.2, 0) is 21.4 Å². The summed E-state index contributed by atoms with van der Waals surface area (Å²) in [6.45, 7) is 4.01. The van der Waals surface area contributed by atoms with E-state index in [4.69, 9.17) is 0 Å². The summed E-state index contributed by atoms with van der Waals surface area (Å²) in [6, 6.07) is 11.4. The number of benzene rings is 2. The van der Waals surface area contributed by atoms with Crippen molar-refractivity contribution in [1.29, 1.82) is 0 Å². The number of rotatable bonds is 7. The number of amides is 1. The number of carbonyl (C=O) groups is 1. The Labute approximate surface area is 153 Å². The predicted octanol–water partition coefficient (Wildman–Crippen LogP) is 2.92. The molecular weight excluding hydrogens is 355 g/mol. The highest BCUT2D eigenvalue weighted by Gasteiger charge is 2.21. The van der Waals surface area contributed by atoms with Gasteiger partial charge in [0.15, 0.2) is 0 Å². The van der Waals surface area contributed by atoms with E-state index in [0.29, 0.717) is 5.69 Å². The van der Waals surface area contributed by atoms with Gasteiger partial charge in [-0.25, -0.2) is 12.8 Å². The fourth-order valence-corrected chi connectivity index (χ4v) is 3.78. The van der Waals surface area contributed by atoms with Gasteiger partial charge in [-0.1, -0.05) is 30.3 Å². The number of nitrogens with one attached hydrogen (secondary N) is 1. The Hall–Kier alpha value is -2.41. The summed E-state index contributed by atoms with van der Waals surface area (Å²) in [5, 5.41) is 2.72. The zero-order valence-corrected chi connectivity index (χ0v) is 15.9. The van der Waals surface area contributed by atoms with Gasteiger partial charge in [-0.05, 0) is 42.7 Å². The molecule has 0 aliphatic heterocycles. The second-order valence-electron chi connectivity index (χ2n) is 6.23. The van der Waals surface area contributed by atoms with E-state index >= 15 is 0 Å². The molecule has 0 aliphatic rings. The fourth-order valence-electron chi connectivity index (χ4n) is 2.74. The molecule has 1 N–H and O–H groups in total. The van der Waals surface area contributed by atoms with Gasteiger partial charge < -0.3 is 5.32 Å². The standard InChI is InChI=1S/C19H23FN2O3S/c1-14-5-4-6-15(2)19(14)22(26(3,24)25)12-11-18(23)21-13-16-7-9-17(20)10-8-16/h4-10H,11-13H2,1-3H3,(H,21,23). The third-order valence-electron chi connectivity index (χ3n) is 4.03. The molecule has 0 heterocycles. The number of hydrogen-bond donors (Lipinski definition) is 1. The monoisotopic (exact) mass is 378 g/mol. The molecule has 0 bridgehead atoms. The molecule has 2 aromatic rings. The third-order valence-corrected chi connectivity index (χ3v) is 5.20. The molecule has 0 aromatic heterocycles. The van der Waals surface area contributed by atoms with Crippen molar-refractivity contribution < 1.29 is 17.6 Å². The van der Waals surface area contributed by atoms with E-state index in [1.165, 1.54) is 16.4 Å². The molecule has 0 aliphatic carbocycles. The van der Waals surface area contributed by atoms with Gasteiger partial charge in [-0.3, -0.25) is 9.10 Å². The number of nitrogens with zero attached hydrogens (tertiary/aromatic N) is 1. The van der Waals surface area contributed by atoms with E-state index in [-0.39, 0.29) is 31.2 Å². The molecule has 2 rings (SSSR count). The molecule has 7 heteroatoms. The van der Waals surface area contributed by atoms with Gasteiger partial charge in [0.1, 0.15) is 5.82 Å². The van der Waals surface area contributed by atoms with E-state index in [1.807, 2.05) is 32.0 Å². The molecule has 0 radical (unpaired) electrons. The first-order valence-corrected chi connectivity index (χ1v) is 10.1. The van der Waals surface area contributed by atoms with Crippen molar-refractivity contribution in [3.05, 3.63) is 65.0 Å². The van der Waals surface area contributed by atoms with Crippen LogP contribution in [0, 0.1) is 19.7 Å². The maximum Gasteiger partial charge on any atom is 0.232 e. The van der Waals surface area contributed by atoms with Crippen molar-refractivity contribution in [2.75, 3.05) is 17.1 Å². The third kappa shape index (κ3) is 5.29. The van der Waals surface area contributed by atoms with Crippen LogP contribution in [0.15, 0.2) is 42.5 Å². The molecule has 0 saturated heterocycles. The first-order valence-electron chi connectivity index (χ1n) is 8.23. The Kier molecular flexibility index (Phi) is 6.37. The molecule has 26 heavy (non-hydrogen) atoms. The normalized spacial score (nSPS) is 11.2. The van der Waals surface area contributed by atoms with Crippen LogP contribution < -0.4 is 9.62 Å². The Morgan fingerprint density at radius 3 is 2.19 bits per heavy atom. The fraction of sp³-hybridized carbons (Fsp3) is 0.316. The number of halogens is 1. The SMILES string of the molecule is Cc1cccc(C)c1N(CCC(=O)NCc1ccc(F)cc1)S(C)(=O)=O. The number of sulfonamides is 1. The van der Waals surface area contributed by atoms with E-state index in [9.17, 15) is 17.6 Å². The molecule has 5 nitrogen and oxygen atoms in total. The van der Waals surface area contributed by atoms with Gasteiger partial charge in [0.25, 0.3) is 0 Å². The maximum absolute atomic E-state index is 12.9. The summed E-state index contributed by atoms with van der Waals surface area (Å²) in [4.78, 5) is 12.1. The van der Waals surface area contributed by atoms with Crippen molar-refractivity contribution in [3.8, 4) is 0 Å². The minimum absolute atomic E-state index is 0.0298. The Balaban J connectivity index is 2.03. The van der Waals surface area contributed by atoms with E-state index in [1.54, 1.807) is 12.1 Å². The maximum atomic E-state index is 12.9. The lowest BCUT2D eigenvalue weighted by molar-refractivity contribution is -0.121. The van der Waals surface area contributed by atoms with E-state index < -0.39 is 10.0 Å². The average Bonchev–Trinajstić information content (AvgIpc) is 2.55. The van der Waals surface area contributed by atoms with E-state index in [2.05, 4.69) is 5.32 Å². The van der Waals surface area contributed by atoms with E-state index in [0.717, 1.165) is 22.9 Å². The van der Waals surface area contributed by atoms with Crippen LogP contribution in [0.1, 0.15) is 23.1 Å². The minimum atomic E-state index is -3.52. The number of para-hydroxylation sites is 1. The Morgan fingerprint density at radius 1 is 1.08 bits per heavy atom. The highest BCUT2D eigenvalue weighted by atomic mass is 32.2. The molecule has 140 valence electrons. The van der Waals surface area contributed by atoms with Gasteiger partial charge in [-0.2, -0.15) is 0 Å². The van der Waals surface area contributed by atoms with Crippen molar-refractivity contribution in [2.45, 2.75) is 26.8 Å². The van der Waals surface area contributed by atoms with Gasteiger partial charge in [0.2, 0.25) is 15.9 Å². The summed E-state index contributed by atoms with van der Waals surface area (Å²) in [7, 11) is -3.52. The van der Waals surface area contributed by atoms with Gasteiger partial charge in [0, 0.05) is 19.5 Å². The summed E-state index contributed by atoms with van der Waals surface area (Å²) in [6.07, 6.45) is 1.16. The number of anilines is 1. The number of hydrogen-bond acceptors (Lipinski definition) is 3. The predicted molar refractivity (Wildman–Crippen MR) is 101 cm³/mol. The zero-order chi connectivity index (χ0) is 19.3. The van der Waals surface area contributed by atoms with Crippen LogP contribution in [0.2, 0.25) is 0 Å². The Bertz CT molecular complexity index is 860. The molecule has 0 unspecified atom stereocenters. The number of carbonyl (C=O) groups excluding carboxylic acids is 1. The molecule has 1 amide bonds. The quantitative estimate of drug-likeness (QED) is 0.806. The zero-order valence-electron chi connectivity index (χ0n) is 15.1. The van der Waals surface area contributed by atoms with Gasteiger partial charge in [-0.15, -0.1) is 0 Å². The smallest absolute Gasteiger partial charge is 0.232 e. The molecule has 0 fully saturated rings. The summed E-state index contributed by atoms with van der Waals surface area (Å²) < 4.78 is 38.6. The molecule has 0 saturated carbocycles. The van der Waals surface area contributed by atoms with Crippen LogP contribution in [0.4, 0.5) is 10.1 Å².